The van der Waals surface area contributed by atoms with E-state index in [9.17, 15) is 9.59 Å². The lowest BCUT2D eigenvalue weighted by Crippen LogP contribution is -2.43. The second kappa shape index (κ2) is 4.61. The summed E-state index contributed by atoms with van der Waals surface area (Å²) in [7, 11) is 0. The van der Waals surface area contributed by atoms with E-state index >= 15 is 0 Å². The van der Waals surface area contributed by atoms with Gasteiger partial charge in [0.05, 0.1) is 6.54 Å². The topological polar surface area (TPSA) is 78.6 Å². The molecule has 0 aliphatic heterocycles. The molecule has 5 heteroatoms. The monoisotopic (exact) mass is 217 g/mol. The summed E-state index contributed by atoms with van der Waals surface area (Å²) in [6, 6.07) is 0. The Balaban J connectivity index is 4.46. The summed E-state index contributed by atoms with van der Waals surface area (Å²) in [5.41, 5.74) is 3.17. The fourth-order valence-electron chi connectivity index (χ4n) is 0.769. The van der Waals surface area contributed by atoms with Gasteiger partial charge in [-0.2, -0.15) is 0 Å². The van der Waals surface area contributed by atoms with Gasteiger partial charge in [-0.05, 0) is 34.6 Å². The van der Waals surface area contributed by atoms with Gasteiger partial charge in [-0.3, -0.25) is 4.79 Å². The van der Waals surface area contributed by atoms with Crippen molar-refractivity contribution in [1.29, 1.82) is 0 Å². The highest BCUT2D eigenvalue weighted by Crippen LogP contribution is 2.17. The van der Waals surface area contributed by atoms with Crippen molar-refractivity contribution in [1.82, 2.24) is 0 Å². The van der Waals surface area contributed by atoms with Crippen molar-refractivity contribution in [3.8, 4) is 0 Å². The molecule has 0 aromatic rings. The first-order chi connectivity index (χ1) is 6.58. The van der Waals surface area contributed by atoms with E-state index in [0.717, 1.165) is 0 Å². The van der Waals surface area contributed by atoms with Crippen LogP contribution in [0.3, 0.4) is 0 Å². The minimum Gasteiger partial charge on any atom is -0.457 e. The van der Waals surface area contributed by atoms with E-state index in [-0.39, 0.29) is 6.54 Å². The third-order valence-electron chi connectivity index (χ3n) is 1.43. The molecule has 0 heterocycles. The van der Waals surface area contributed by atoms with Crippen LogP contribution in [0, 0.1) is 0 Å². The highest BCUT2D eigenvalue weighted by atomic mass is 16.6. The average molecular weight is 217 g/mol. The van der Waals surface area contributed by atoms with Crippen molar-refractivity contribution >= 4 is 11.9 Å². The molecule has 0 saturated carbocycles. The van der Waals surface area contributed by atoms with E-state index < -0.39 is 23.1 Å². The zero-order valence-electron chi connectivity index (χ0n) is 9.92. The Morgan fingerprint density at radius 2 is 1.53 bits per heavy atom. The van der Waals surface area contributed by atoms with E-state index in [0.29, 0.717) is 0 Å². The third kappa shape index (κ3) is 5.37. The van der Waals surface area contributed by atoms with Crippen LogP contribution in [0.25, 0.3) is 0 Å². The maximum absolute atomic E-state index is 11.6. The van der Waals surface area contributed by atoms with E-state index in [1.165, 1.54) is 13.8 Å². The highest BCUT2D eigenvalue weighted by Gasteiger charge is 2.35. The maximum Gasteiger partial charge on any atom is 0.350 e. The van der Waals surface area contributed by atoms with E-state index in [4.69, 9.17) is 15.2 Å². The van der Waals surface area contributed by atoms with Crippen molar-refractivity contribution in [3.05, 3.63) is 0 Å². The van der Waals surface area contributed by atoms with Gasteiger partial charge in [0.15, 0.2) is 0 Å². The number of hydrogen-bond donors (Lipinski definition) is 1. The molecule has 0 aliphatic rings. The predicted octanol–water partition coefficient (Wildman–Crippen LogP) is 0.609. The van der Waals surface area contributed by atoms with Gasteiger partial charge in [-0.1, -0.05) is 0 Å². The lowest BCUT2D eigenvalue weighted by Gasteiger charge is -2.28. The minimum atomic E-state index is -1.30. The van der Waals surface area contributed by atoms with Crippen LogP contribution in [0.15, 0.2) is 0 Å². The van der Waals surface area contributed by atoms with Crippen molar-refractivity contribution in [2.45, 2.75) is 45.8 Å². The molecule has 15 heavy (non-hydrogen) atoms. The van der Waals surface area contributed by atoms with Crippen LogP contribution in [-0.2, 0) is 19.1 Å². The Hall–Kier alpha value is -1.10. The summed E-state index contributed by atoms with van der Waals surface area (Å²) >= 11 is 0. The number of nitrogens with two attached hydrogens (primary N) is 1. The van der Waals surface area contributed by atoms with Crippen LogP contribution in [0.2, 0.25) is 0 Å². The molecule has 0 aromatic carbocycles. The second-order valence-electron chi connectivity index (χ2n) is 4.69. The van der Waals surface area contributed by atoms with Crippen molar-refractivity contribution in [2.24, 2.45) is 5.73 Å². The zero-order valence-corrected chi connectivity index (χ0v) is 9.92. The van der Waals surface area contributed by atoms with E-state index in [1.807, 2.05) is 0 Å². The summed E-state index contributed by atoms with van der Waals surface area (Å²) in [5, 5.41) is 0. The Labute approximate surface area is 89.9 Å². The lowest BCUT2D eigenvalue weighted by molar-refractivity contribution is -0.185. The van der Waals surface area contributed by atoms with Crippen molar-refractivity contribution in [2.75, 3.05) is 6.54 Å². The normalized spacial score (nSPS) is 12.1. The summed E-state index contributed by atoms with van der Waals surface area (Å²) in [4.78, 5) is 22.5. The largest absolute Gasteiger partial charge is 0.457 e. The maximum atomic E-state index is 11.6. The molecule has 0 unspecified atom stereocenters. The molecule has 0 rings (SSSR count). The van der Waals surface area contributed by atoms with Crippen molar-refractivity contribution in [3.63, 3.8) is 0 Å². The molecule has 0 aromatic heterocycles. The van der Waals surface area contributed by atoms with Gasteiger partial charge < -0.3 is 15.2 Å². The standard InChI is InChI=1S/C10H19NO4/c1-9(2,3)15-8(13)10(4,5)14-7(12)6-11/h6,11H2,1-5H3. The number of carbonyl (C=O) groups excluding carboxylic acids is 2. The average Bonchev–Trinajstić information content (AvgIpc) is 2.00. The first-order valence-corrected chi connectivity index (χ1v) is 4.74. The lowest BCUT2D eigenvalue weighted by atomic mass is 10.1. The summed E-state index contributed by atoms with van der Waals surface area (Å²) < 4.78 is 9.95. The highest BCUT2D eigenvalue weighted by molar-refractivity contribution is 5.83. The van der Waals surface area contributed by atoms with E-state index in [2.05, 4.69) is 0 Å². The molecular formula is C10H19NO4. The van der Waals surface area contributed by atoms with Crippen LogP contribution in [0.1, 0.15) is 34.6 Å². The molecule has 88 valence electrons. The van der Waals surface area contributed by atoms with Crippen molar-refractivity contribution < 1.29 is 19.1 Å². The summed E-state index contributed by atoms with van der Waals surface area (Å²) in [6.45, 7) is 7.90. The smallest absolute Gasteiger partial charge is 0.350 e. The Morgan fingerprint density at radius 3 is 1.87 bits per heavy atom. The molecule has 0 fully saturated rings. The van der Waals surface area contributed by atoms with Crippen LogP contribution in [-0.4, -0.2) is 29.7 Å². The molecule has 0 spiro atoms. The third-order valence-corrected chi connectivity index (χ3v) is 1.43. The first kappa shape index (κ1) is 13.9. The zero-order chi connectivity index (χ0) is 12.3. The molecule has 2 N–H and O–H groups in total. The van der Waals surface area contributed by atoms with Gasteiger partial charge in [0.25, 0.3) is 0 Å². The van der Waals surface area contributed by atoms with Gasteiger partial charge in [0.2, 0.25) is 5.60 Å². The SMILES string of the molecule is CC(C)(C)OC(=O)C(C)(C)OC(=O)CN. The number of rotatable bonds is 3. The first-order valence-electron chi connectivity index (χ1n) is 4.74. The predicted molar refractivity (Wildman–Crippen MR) is 55.1 cm³/mol. The molecule has 0 radical (unpaired) electrons. The number of esters is 2. The molecule has 0 bridgehead atoms. The number of hydrogen-bond acceptors (Lipinski definition) is 5. The number of ether oxygens (including phenoxy) is 2. The van der Waals surface area contributed by atoms with Gasteiger partial charge in [-0.25, -0.2) is 4.79 Å². The quantitative estimate of drug-likeness (QED) is 0.701. The Bertz CT molecular complexity index is 253. The van der Waals surface area contributed by atoms with Crippen LogP contribution in [0.4, 0.5) is 0 Å². The summed E-state index contributed by atoms with van der Waals surface area (Å²) in [6.07, 6.45) is 0. The van der Waals surface area contributed by atoms with Gasteiger partial charge in [0.1, 0.15) is 5.60 Å². The van der Waals surface area contributed by atoms with Gasteiger partial charge in [0, 0.05) is 0 Å². The van der Waals surface area contributed by atoms with Gasteiger partial charge >= 0.3 is 11.9 Å². The molecule has 0 amide bonds. The van der Waals surface area contributed by atoms with Gasteiger partial charge in [-0.15, -0.1) is 0 Å². The van der Waals surface area contributed by atoms with Crippen LogP contribution < -0.4 is 5.73 Å². The fourth-order valence-corrected chi connectivity index (χ4v) is 0.769. The molecule has 0 aliphatic carbocycles. The van der Waals surface area contributed by atoms with Crippen LogP contribution >= 0.6 is 0 Å². The van der Waals surface area contributed by atoms with Crippen LogP contribution in [0.5, 0.6) is 0 Å². The fraction of sp³-hybridized carbons (Fsp3) is 0.800. The minimum absolute atomic E-state index is 0.258. The number of carbonyl (C=O) groups is 2. The summed E-state index contributed by atoms with van der Waals surface area (Å²) in [5.74, 6) is -1.22. The molecular weight excluding hydrogens is 198 g/mol. The molecule has 0 saturated heterocycles. The molecule has 0 atom stereocenters. The van der Waals surface area contributed by atoms with E-state index in [1.54, 1.807) is 20.8 Å². The molecule has 5 nitrogen and oxygen atoms in total. The Kier molecular flexibility index (Phi) is 4.27. The second-order valence-corrected chi connectivity index (χ2v) is 4.69. The Morgan fingerprint density at radius 1 is 1.07 bits per heavy atom.